The number of unbranched alkanes of at least 4 members (excludes halogenated alkanes) is 26. The van der Waals surface area contributed by atoms with Gasteiger partial charge in [0.2, 0.25) is 5.91 Å². The largest absolute Gasteiger partial charge is 0.391 e. The Kier molecular flexibility index (Phi) is 33.8. The average Bonchev–Trinajstić information content (AvgIpc) is 3.05. The van der Waals surface area contributed by atoms with Crippen LogP contribution in [0.2, 0.25) is 0 Å². The van der Waals surface area contributed by atoms with Crippen molar-refractivity contribution in [3.8, 4) is 0 Å². The highest BCUT2D eigenvalue weighted by molar-refractivity contribution is 7.85. The van der Waals surface area contributed by atoms with Gasteiger partial charge in [-0.2, -0.15) is 8.42 Å². The van der Waals surface area contributed by atoms with Crippen molar-refractivity contribution < 1.29 is 28.0 Å². The molecular formula is C40H79NO6S. The normalized spacial score (nSPS) is 14.0. The van der Waals surface area contributed by atoms with E-state index in [-0.39, 0.29) is 6.42 Å². The second-order valence-electron chi connectivity index (χ2n) is 14.4. The predicted molar refractivity (Wildman–Crippen MR) is 204 cm³/mol. The van der Waals surface area contributed by atoms with E-state index in [0.29, 0.717) is 19.3 Å². The Labute approximate surface area is 297 Å². The lowest BCUT2D eigenvalue weighted by Crippen LogP contribution is -2.50. The summed E-state index contributed by atoms with van der Waals surface area (Å²) in [5, 5.41) is 23.5. The van der Waals surface area contributed by atoms with Gasteiger partial charge in [-0.15, -0.1) is 0 Å². The zero-order valence-electron chi connectivity index (χ0n) is 31.5. The van der Waals surface area contributed by atoms with Crippen molar-refractivity contribution in [1.29, 1.82) is 0 Å². The van der Waals surface area contributed by atoms with Crippen LogP contribution in [0, 0.1) is 0 Å². The van der Waals surface area contributed by atoms with Gasteiger partial charge in [0.25, 0.3) is 10.1 Å². The van der Waals surface area contributed by atoms with Gasteiger partial charge in [0.05, 0.1) is 17.9 Å². The lowest BCUT2D eigenvalue weighted by atomic mass is 10.0. The topological polar surface area (TPSA) is 124 Å². The van der Waals surface area contributed by atoms with Gasteiger partial charge in [0.1, 0.15) is 6.10 Å². The minimum absolute atomic E-state index is 0.286. The third kappa shape index (κ3) is 33.5. The van der Waals surface area contributed by atoms with Crippen molar-refractivity contribution in [3.63, 3.8) is 0 Å². The van der Waals surface area contributed by atoms with E-state index >= 15 is 0 Å². The minimum atomic E-state index is -4.41. The molecule has 1 amide bonds. The number of aliphatic hydroxyl groups excluding tert-OH is 2. The molecule has 0 radical (unpaired) electrons. The molecule has 3 atom stereocenters. The number of rotatable bonds is 37. The van der Waals surface area contributed by atoms with E-state index in [0.717, 1.165) is 51.4 Å². The van der Waals surface area contributed by atoms with Crippen molar-refractivity contribution in [1.82, 2.24) is 5.32 Å². The number of carbonyl (C=O) groups is 1. The molecule has 0 fully saturated rings. The number of aliphatic hydroxyl groups is 2. The Bertz CT molecular complexity index is 834. The number of carbonyl (C=O) groups excluding carboxylic acids is 1. The summed E-state index contributed by atoms with van der Waals surface area (Å²) in [5.74, 6) is -1.46. The summed E-state index contributed by atoms with van der Waals surface area (Å²) in [4.78, 5) is 12.6. The molecule has 48 heavy (non-hydrogen) atoms. The van der Waals surface area contributed by atoms with E-state index in [1.807, 2.05) is 0 Å². The summed E-state index contributed by atoms with van der Waals surface area (Å²) in [6, 6.07) is -1.15. The smallest absolute Gasteiger partial charge is 0.266 e. The van der Waals surface area contributed by atoms with Crippen molar-refractivity contribution >= 4 is 16.0 Å². The minimum Gasteiger partial charge on any atom is -0.391 e. The number of hydrogen-bond donors (Lipinski definition) is 4. The summed E-state index contributed by atoms with van der Waals surface area (Å²) in [7, 11) is -4.41. The van der Waals surface area contributed by atoms with Crippen LogP contribution in [-0.2, 0) is 14.9 Å². The first-order chi connectivity index (χ1) is 23.2. The molecule has 0 heterocycles. The second-order valence-corrected chi connectivity index (χ2v) is 15.9. The van der Waals surface area contributed by atoms with Crippen LogP contribution in [0.5, 0.6) is 0 Å². The Hall–Kier alpha value is -0.960. The van der Waals surface area contributed by atoms with E-state index < -0.39 is 40.0 Å². The summed E-state index contributed by atoms with van der Waals surface area (Å²) in [5.41, 5.74) is 0. The summed E-state index contributed by atoms with van der Waals surface area (Å²) >= 11 is 0. The zero-order valence-corrected chi connectivity index (χ0v) is 32.3. The van der Waals surface area contributed by atoms with Gasteiger partial charge in [-0.3, -0.25) is 9.35 Å². The summed E-state index contributed by atoms with van der Waals surface area (Å²) in [6.45, 7) is 4.51. The van der Waals surface area contributed by atoms with Crippen molar-refractivity contribution in [3.05, 3.63) is 12.2 Å². The van der Waals surface area contributed by atoms with Crippen LogP contribution >= 0.6 is 0 Å². The Morgan fingerprint density at radius 2 is 0.875 bits per heavy atom. The SMILES string of the molecule is CCCCCCCCCCC/C=C\CCCCCCC(O)C(=O)NC(CS(=O)(=O)O)C(O)CCCCCCCCCCCCCCCC. The number of hydrogen-bond acceptors (Lipinski definition) is 5. The first-order valence-corrected chi connectivity index (χ1v) is 22.1. The molecule has 0 aliphatic carbocycles. The molecule has 0 aromatic heterocycles. The molecule has 3 unspecified atom stereocenters. The van der Waals surface area contributed by atoms with Crippen molar-refractivity contribution in [2.24, 2.45) is 0 Å². The molecule has 0 bridgehead atoms. The maximum Gasteiger partial charge on any atom is 0.266 e. The lowest BCUT2D eigenvalue weighted by molar-refractivity contribution is -0.131. The fraction of sp³-hybridized carbons (Fsp3) is 0.925. The van der Waals surface area contributed by atoms with Crippen LogP contribution in [0.15, 0.2) is 12.2 Å². The maximum absolute atomic E-state index is 12.6. The number of allylic oxidation sites excluding steroid dienone is 2. The third-order valence-electron chi connectivity index (χ3n) is 9.58. The summed E-state index contributed by atoms with van der Waals surface area (Å²) < 4.78 is 32.5. The molecule has 0 aliphatic heterocycles. The van der Waals surface area contributed by atoms with E-state index in [1.165, 1.54) is 122 Å². The standard InChI is InChI=1S/C40H79NO6S/c1-3-5-7-9-11-13-15-17-19-20-21-23-25-27-29-31-33-35-39(43)40(44)41-37(36-48(45,46)47)38(42)34-32-30-28-26-24-22-18-16-14-12-10-8-6-4-2/h21,23,37-39,42-43H,3-20,22,24-36H2,1-2H3,(H,41,44)(H,45,46,47)/b23-21-. The van der Waals surface area contributed by atoms with Gasteiger partial charge in [-0.1, -0.05) is 187 Å². The van der Waals surface area contributed by atoms with Crippen LogP contribution in [0.1, 0.15) is 213 Å². The number of nitrogens with one attached hydrogen (secondary N) is 1. The highest BCUT2D eigenvalue weighted by Crippen LogP contribution is 2.16. The van der Waals surface area contributed by atoms with Crippen LogP contribution in [0.4, 0.5) is 0 Å². The van der Waals surface area contributed by atoms with E-state index in [4.69, 9.17) is 0 Å². The van der Waals surface area contributed by atoms with E-state index in [1.54, 1.807) is 0 Å². The number of amides is 1. The Morgan fingerprint density at radius 1 is 0.542 bits per heavy atom. The molecule has 286 valence electrons. The molecule has 0 aromatic rings. The fourth-order valence-electron chi connectivity index (χ4n) is 6.40. The van der Waals surface area contributed by atoms with Crippen molar-refractivity contribution in [2.75, 3.05) is 5.75 Å². The summed E-state index contributed by atoms with van der Waals surface area (Å²) in [6.07, 6.45) is 38.0. The fourth-order valence-corrected chi connectivity index (χ4v) is 7.16. The van der Waals surface area contributed by atoms with Crippen LogP contribution in [0.25, 0.3) is 0 Å². The van der Waals surface area contributed by atoms with Gasteiger partial charge in [0.15, 0.2) is 0 Å². The lowest BCUT2D eigenvalue weighted by Gasteiger charge is -2.24. The first-order valence-electron chi connectivity index (χ1n) is 20.5. The second kappa shape index (κ2) is 34.5. The molecule has 4 N–H and O–H groups in total. The molecule has 0 aliphatic rings. The van der Waals surface area contributed by atoms with E-state index in [9.17, 15) is 28.0 Å². The molecule has 8 heteroatoms. The Morgan fingerprint density at radius 3 is 1.25 bits per heavy atom. The molecular weight excluding hydrogens is 623 g/mol. The monoisotopic (exact) mass is 702 g/mol. The van der Waals surface area contributed by atoms with Gasteiger partial charge in [-0.25, -0.2) is 0 Å². The Balaban J connectivity index is 3.99. The van der Waals surface area contributed by atoms with Crippen molar-refractivity contribution in [2.45, 2.75) is 231 Å². The maximum atomic E-state index is 12.6. The molecule has 7 nitrogen and oxygen atoms in total. The molecule has 0 spiro atoms. The van der Waals surface area contributed by atoms with E-state index in [2.05, 4.69) is 31.3 Å². The van der Waals surface area contributed by atoms with Crippen LogP contribution in [-0.4, -0.2) is 53.1 Å². The van der Waals surface area contributed by atoms with Crippen LogP contribution < -0.4 is 5.32 Å². The quantitative estimate of drug-likeness (QED) is 0.0290. The zero-order chi connectivity index (χ0) is 35.6. The molecule has 0 rings (SSSR count). The molecule has 0 aromatic carbocycles. The van der Waals surface area contributed by atoms with Gasteiger partial charge in [0, 0.05) is 0 Å². The van der Waals surface area contributed by atoms with Crippen LogP contribution in [0.3, 0.4) is 0 Å². The molecule has 0 saturated carbocycles. The highest BCUT2D eigenvalue weighted by Gasteiger charge is 2.28. The van der Waals surface area contributed by atoms with Gasteiger partial charge in [-0.05, 0) is 38.5 Å². The predicted octanol–water partition coefficient (Wildman–Crippen LogP) is 10.8. The highest BCUT2D eigenvalue weighted by atomic mass is 32.2. The third-order valence-corrected chi connectivity index (χ3v) is 10.4. The first kappa shape index (κ1) is 47.0. The van der Waals surface area contributed by atoms with Gasteiger partial charge >= 0.3 is 0 Å². The average molecular weight is 702 g/mol. The molecule has 0 saturated heterocycles. The van der Waals surface area contributed by atoms with Gasteiger partial charge < -0.3 is 15.5 Å².